The van der Waals surface area contributed by atoms with E-state index in [2.05, 4.69) is 20.8 Å². The van der Waals surface area contributed by atoms with Crippen molar-refractivity contribution in [2.75, 3.05) is 24.9 Å². The van der Waals surface area contributed by atoms with Crippen molar-refractivity contribution < 1.29 is 18.7 Å². The number of nitrogens with one attached hydrogen (secondary N) is 2. The Morgan fingerprint density at radius 1 is 0.926 bits per heavy atom. The van der Waals surface area contributed by atoms with Gasteiger partial charge in [0.2, 0.25) is 0 Å². The predicted molar refractivity (Wildman–Crippen MR) is 99.2 cm³/mol. The molecule has 7 nitrogen and oxygen atoms in total. The Morgan fingerprint density at radius 3 is 2.26 bits per heavy atom. The summed E-state index contributed by atoms with van der Waals surface area (Å²) in [5.41, 5.74) is 1.01. The summed E-state index contributed by atoms with van der Waals surface area (Å²) in [4.78, 5) is 12.1. The highest BCUT2D eigenvalue weighted by Gasteiger charge is 2.09. The average molecular weight is 368 g/mol. The normalized spacial score (nSPS) is 10.2. The summed E-state index contributed by atoms with van der Waals surface area (Å²) in [5.74, 6) is 1.19. The van der Waals surface area contributed by atoms with Crippen LogP contribution in [0, 0.1) is 5.82 Å². The van der Waals surface area contributed by atoms with Crippen LogP contribution >= 0.6 is 0 Å². The third-order valence-corrected chi connectivity index (χ3v) is 3.68. The molecule has 2 aromatic carbocycles. The van der Waals surface area contributed by atoms with E-state index in [4.69, 9.17) is 9.47 Å². The molecule has 0 radical (unpaired) electrons. The van der Waals surface area contributed by atoms with Gasteiger partial charge >= 0.3 is 0 Å². The highest BCUT2D eigenvalue weighted by molar-refractivity contribution is 6.03. The molecule has 1 amide bonds. The first-order chi connectivity index (χ1) is 13.1. The van der Waals surface area contributed by atoms with Gasteiger partial charge in [0.05, 0.1) is 19.9 Å². The molecule has 27 heavy (non-hydrogen) atoms. The van der Waals surface area contributed by atoms with Gasteiger partial charge in [-0.25, -0.2) is 4.39 Å². The van der Waals surface area contributed by atoms with E-state index in [1.54, 1.807) is 44.6 Å². The van der Waals surface area contributed by atoms with E-state index in [1.165, 1.54) is 24.3 Å². The SMILES string of the molecule is COc1ccc(Nc2ccc(NC(=O)c3ccc(F)cc3)nn2)c(OC)c1. The summed E-state index contributed by atoms with van der Waals surface area (Å²) in [6.07, 6.45) is 0. The van der Waals surface area contributed by atoms with Gasteiger partial charge in [0.15, 0.2) is 11.6 Å². The second-order valence-corrected chi connectivity index (χ2v) is 5.46. The van der Waals surface area contributed by atoms with Gasteiger partial charge in [-0.15, -0.1) is 10.2 Å². The first-order valence-corrected chi connectivity index (χ1v) is 7.99. The van der Waals surface area contributed by atoms with Crippen molar-refractivity contribution in [1.82, 2.24) is 10.2 Å². The minimum atomic E-state index is -0.407. The molecule has 0 bridgehead atoms. The summed E-state index contributed by atoms with van der Waals surface area (Å²) in [5, 5.41) is 13.7. The van der Waals surface area contributed by atoms with E-state index in [-0.39, 0.29) is 5.82 Å². The lowest BCUT2D eigenvalue weighted by Crippen LogP contribution is -2.13. The van der Waals surface area contributed by atoms with Gasteiger partial charge in [0, 0.05) is 11.6 Å². The third-order valence-electron chi connectivity index (χ3n) is 3.68. The number of carbonyl (C=O) groups is 1. The van der Waals surface area contributed by atoms with Crippen LogP contribution < -0.4 is 20.1 Å². The topological polar surface area (TPSA) is 85.4 Å². The Bertz CT molecular complexity index is 931. The number of ether oxygens (including phenoxy) is 2. The summed E-state index contributed by atoms with van der Waals surface area (Å²) < 4.78 is 23.4. The molecule has 0 unspecified atom stereocenters. The van der Waals surface area contributed by atoms with Crippen LogP contribution in [0.25, 0.3) is 0 Å². The van der Waals surface area contributed by atoms with E-state index in [1.807, 2.05) is 0 Å². The number of halogens is 1. The van der Waals surface area contributed by atoms with E-state index >= 15 is 0 Å². The van der Waals surface area contributed by atoms with E-state index in [0.717, 1.165) is 0 Å². The molecule has 0 atom stereocenters. The smallest absolute Gasteiger partial charge is 0.256 e. The number of rotatable bonds is 6. The fourth-order valence-electron chi connectivity index (χ4n) is 2.30. The summed E-state index contributed by atoms with van der Waals surface area (Å²) in [6.45, 7) is 0. The van der Waals surface area contributed by atoms with Crippen molar-refractivity contribution >= 4 is 23.2 Å². The standard InChI is InChI=1S/C19H17FN4O3/c1-26-14-7-8-15(16(11-14)27-2)21-17-9-10-18(24-23-17)22-19(25)12-3-5-13(20)6-4-12/h3-11H,1-2H3,(H,21,23)(H,22,24,25). The molecule has 0 aliphatic carbocycles. The molecule has 1 heterocycles. The number of carbonyl (C=O) groups excluding carboxylic acids is 1. The van der Waals surface area contributed by atoms with Gasteiger partial charge in [-0.2, -0.15) is 0 Å². The minimum absolute atomic E-state index is 0.275. The number of amides is 1. The van der Waals surface area contributed by atoms with Crippen LogP contribution in [0.15, 0.2) is 54.6 Å². The Morgan fingerprint density at radius 2 is 1.63 bits per heavy atom. The van der Waals surface area contributed by atoms with Crippen molar-refractivity contribution in [3.63, 3.8) is 0 Å². The highest BCUT2D eigenvalue weighted by Crippen LogP contribution is 2.30. The van der Waals surface area contributed by atoms with Gasteiger partial charge in [0.25, 0.3) is 5.91 Å². The van der Waals surface area contributed by atoms with Gasteiger partial charge in [0.1, 0.15) is 17.3 Å². The summed E-state index contributed by atoms with van der Waals surface area (Å²) >= 11 is 0. The summed E-state index contributed by atoms with van der Waals surface area (Å²) in [6, 6.07) is 13.8. The third kappa shape index (κ3) is 4.49. The van der Waals surface area contributed by atoms with Gasteiger partial charge in [-0.1, -0.05) is 0 Å². The lowest BCUT2D eigenvalue weighted by molar-refractivity contribution is 0.102. The largest absolute Gasteiger partial charge is 0.497 e. The zero-order chi connectivity index (χ0) is 19.2. The Hall–Kier alpha value is -3.68. The number of benzene rings is 2. The monoisotopic (exact) mass is 368 g/mol. The fraction of sp³-hybridized carbons (Fsp3) is 0.105. The molecule has 3 aromatic rings. The van der Waals surface area contributed by atoms with Crippen molar-refractivity contribution in [2.24, 2.45) is 0 Å². The molecule has 8 heteroatoms. The van der Waals surface area contributed by atoms with Crippen molar-refractivity contribution in [3.8, 4) is 11.5 Å². The molecular weight excluding hydrogens is 351 g/mol. The van der Waals surface area contributed by atoms with Crippen LogP contribution in [0.1, 0.15) is 10.4 Å². The molecule has 0 aliphatic heterocycles. The predicted octanol–water partition coefficient (Wildman–Crippen LogP) is 3.63. The van der Waals surface area contributed by atoms with Gasteiger partial charge in [-0.3, -0.25) is 4.79 Å². The fourth-order valence-corrected chi connectivity index (χ4v) is 2.30. The number of nitrogens with zero attached hydrogens (tertiary/aromatic N) is 2. The molecular formula is C19H17FN4O3. The number of hydrogen-bond donors (Lipinski definition) is 2. The van der Waals surface area contributed by atoms with E-state index < -0.39 is 11.7 Å². The molecule has 1 aromatic heterocycles. The van der Waals surface area contributed by atoms with Crippen molar-refractivity contribution in [1.29, 1.82) is 0 Å². The molecule has 2 N–H and O–H groups in total. The lowest BCUT2D eigenvalue weighted by atomic mass is 10.2. The quantitative estimate of drug-likeness (QED) is 0.691. The second kappa shape index (κ2) is 8.13. The van der Waals surface area contributed by atoms with Gasteiger partial charge in [-0.05, 0) is 48.5 Å². The molecule has 0 saturated heterocycles. The maximum absolute atomic E-state index is 12.9. The van der Waals surface area contributed by atoms with E-state index in [0.29, 0.717) is 28.6 Å². The lowest BCUT2D eigenvalue weighted by Gasteiger charge is -2.12. The van der Waals surface area contributed by atoms with Crippen molar-refractivity contribution in [2.45, 2.75) is 0 Å². The zero-order valence-electron chi connectivity index (χ0n) is 14.7. The second-order valence-electron chi connectivity index (χ2n) is 5.46. The maximum Gasteiger partial charge on any atom is 0.256 e. The number of methoxy groups -OCH3 is 2. The zero-order valence-corrected chi connectivity index (χ0v) is 14.7. The van der Waals surface area contributed by atoms with Crippen LogP contribution in [-0.4, -0.2) is 30.3 Å². The Labute approximate surface area is 155 Å². The van der Waals surface area contributed by atoms with Gasteiger partial charge < -0.3 is 20.1 Å². The number of anilines is 3. The van der Waals surface area contributed by atoms with Crippen LogP contribution in [0.2, 0.25) is 0 Å². The molecule has 0 fully saturated rings. The van der Waals surface area contributed by atoms with Crippen LogP contribution in [0.4, 0.5) is 21.7 Å². The average Bonchev–Trinajstić information content (AvgIpc) is 2.70. The molecule has 138 valence electrons. The van der Waals surface area contributed by atoms with Crippen LogP contribution in [0.5, 0.6) is 11.5 Å². The van der Waals surface area contributed by atoms with Crippen LogP contribution in [-0.2, 0) is 0 Å². The molecule has 0 saturated carbocycles. The minimum Gasteiger partial charge on any atom is -0.497 e. The van der Waals surface area contributed by atoms with Crippen LogP contribution in [0.3, 0.4) is 0 Å². The summed E-state index contributed by atoms with van der Waals surface area (Å²) in [7, 11) is 3.13. The first kappa shape index (κ1) is 18.1. The first-order valence-electron chi connectivity index (χ1n) is 7.99. The van der Waals surface area contributed by atoms with Crippen molar-refractivity contribution in [3.05, 3.63) is 66.0 Å². The Balaban J connectivity index is 1.68. The van der Waals surface area contributed by atoms with E-state index in [9.17, 15) is 9.18 Å². The Kier molecular flexibility index (Phi) is 5.46. The molecule has 0 spiro atoms. The molecule has 3 rings (SSSR count). The molecule has 0 aliphatic rings. The number of aromatic nitrogens is 2. The maximum atomic E-state index is 12.9. The number of hydrogen-bond acceptors (Lipinski definition) is 6. The highest BCUT2D eigenvalue weighted by atomic mass is 19.1.